The molecule has 1 aromatic heterocycles. The number of aryl methyl sites for hydroxylation is 1. The van der Waals surface area contributed by atoms with Crippen LogP contribution in [-0.4, -0.2) is 46.3 Å². The molecule has 7 nitrogen and oxygen atoms in total. The Morgan fingerprint density at radius 1 is 1.16 bits per heavy atom. The van der Waals surface area contributed by atoms with Gasteiger partial charge < -0.3 is 15.0 Å². The summed E-state index contributed by atoms with van der Waals surface area (Å²) in [7, 11) is 0. The maximum absolute atomic E-state index is 12.8. The first-order chi connectivity index (χ1) is 15.5. The highest BCUT2D eigenvalue weighted by atomic mass is 16.5. The minimum atomic E-state index is -0.383. The van der Waals surface area contributed by atoms with E-state index in [0.29, 0.717) is 5.56 Å². The molecule has 1 saturated heterocycles. The summed E-state index contributed by atoms with van der Waals surface area (Å²) in [5.74, 6) is 0.797. The minimum absolute atomic E-state index is 0.0407. The van der Waals surface area contributed by atoms with Crippen LogP contribution in [0.15, 0.2) is 66.3 Å². The average molecular weight is 430 g/mol. The lowest BCUT2D eigenvalue weighted by atomic mass is 9.82. The normalized spacial score (nSPS) is 24.6. The van der Waals surface area contributed by atoms with Crippen LogP contribution in [0.5, 0.6) is 0 Å². The summed E-state index contributed by atoms with van der Waals surface area (Å²) in [4.78, 5) is 28.4. The van der Waals surface area contributed by atoms with Crippen molar-refractivity contribution >= 4 is 17.6 Å². The molecule has 5 rings (SSSR count). The van der Waals surface area contributed by atoms with E-state index < -0.39 is 0 Å². The van der Waals surface area contributed by atoms with Crippen molar-refractivity contribution in [3.8, 4) is 0 Å². The van der Waals surface area contributed by atoms with Crippen molar-refractivity contribution in [2.24, 2.45) is 10.9 Å². The highest BCUT2D eigenvalue weighted by molar-refractivity contribution is 6.06. The third-order valence-electron chi connectivity index (χ3n) is 6.45. The zero-order valence-corrected chi connectivity index (χ0v) is 18.4. The lowest BCUT2D eigenvalue weighted by Gasteiger charge is -2.32. The van der Waals surface area contributed by atoms with Crippen LogP contribution < -0.4 is 10.2 Å². The van der Waals surface area contributed by atoms with E-state index in [4.69, 9.17) is 4.74 Å². The first-order valence-electron chi connectivity index (χ1n) is 11.1. The van der Waals surface area contributed by atoms with Gasteiger partial charge in [0.2, 0.25) is 5.95 Å². The van der Waals surface area contributed by atoms with Gasteiger partial charge in [-0.15, -0.1) is 0 Å². The molecule has 0 aliphatic carbocycles. The molecule has 2 atom stereocenters. The predicted molar refractivity (Wildman–Crippen MR) is 124 cm³/mol. The molecule has 3 aliphatic rings. The summed E-state index contributed by atoms with van der Waals surface area (Å²) in [5.41, 5.74) is 3.29. The van der Waals surface area contributed by atoms with Crippen LogP contribution in [0.3, 0.4) is 0 Å². The van der Waals surface area contributed by atoms with Crippen molar-refractivity contribution in [3.63, 3.8) is 0 Å². The Balaban J connectivity index is 1.19. The van der Waals surface area contributed by atoms with Gasteiger partial charge in [-0.2, -0.15) is 0 Å². The minimum Gasteiger partial charge on any atom is -0.490 e. The van der Waals surface area contributed by atoms with Crippen LogP contribution in [-0.2, 0) is 4.74 Å². The first-order valence-corrected chi connectivity index (χ1v) is 11.1. The van der Waals surface area contributed by atoms with Crippen LogP contribution in [0.25, 0.3) is 0 Å². The number of ether oxygens (including phenoxy) is 1. The number of nitrogens with zero attached hydrogens (tertiary/aromatic N) is 4. The summed E-state index contributed by atoms with van der Waals surface area (Å²) < 4.78 is 5.76. The van der Waals surface area contributed by atoms with Crippen LogP contribution in [0.1, 0.15) is 41.3 Å². The van der Waals surface area contributed by atoms with Crippen molar-refractivity contribution in [2.75, 3.05) is 18.0 Å². The third-order valence-corrected chi connectivity index (χ3v) is 6.45. The smallest absolute Gasteiger partial charge is 0.251 e. The molecule has 3 aliphatic heterocycles. The molecule has 1 N–H and O–H groups in total. The van der Waals surface area contributed by atoms with Gasteiger partial charge in [-0.1, -0.05) is 12.1 Å². The number of aliphatic imine (C=N–C) groups is 1. The molecule has 164 valence electrons. The van der Waals surface area contributed by atoms with Gasteiger partial charge in [0.25, 0.3) is 5.91 Å². The predicted octanol–water partition coefficient (Wildman–Crippen LogP) is 3.42. The van der Waals surface area contributed by atoms with Crippen LogP contribution in [0.2, 0.25) is 0 Å². The largest absolute Gasteiger partial charge is 0.490 e. The zero-order chi connectivity index (χ0) is 22.1. The first kappa shape index (κ1) is 20.4. The molecule has 0 saturated carbocycles. The zero-order valence-electron chi connectivity index (χ0n) is 18.4. The topological polar surface area (TPSA) is 79.7 Å². The molecule has 1 fully saturated rings. The fourth-order valence-electron chi connectivity index (χ4n) is 4.47. The SMILES string of the molecule is Cc1cnc(N2CCC(NC(=O)c3ccc(C4=NC=CC5(C)OC=CC45)cc3)CC2)nc1. The maximum atomic E-state index is 12.8. The number of rotatable bonds is 4. The van der Waals surface area contributed by atoms with E-state index >= 15 is 0 Å². The number of hydrogen-bond acceptors (Lipinski definition) is 6. The van der Waals surface area contributed by atoms with E-state index in [-0.39, 0.29) is 23.5 Å². The van der Waals surface area contributed by atoms with Crippen molar-refractivity contribution in [1.82, 2.24) is 15.3 Å². The molecule has 0 radical (unpaired) electrons. The lowest BCUT2D eigenvalue weighted by molar-refractivity contribution is 0.0923. The Bertz CT molecular complexity index is 1080. The molecular weight excluding hydrogens is 402 g/mol. The molecule has 2 aromatic rings. The summed E-state index contributed by atoms with van der Waals surface area (Å²) in [6.45, 7) is 5.70. The van der Waals surface area contributed by atoms with Crippen molar-refractivity contribution in [1.29, 1.82) is 0 Å². The van der Waals surface area contributed by atoms with Gasteiger partial charge >= 0.3 is 0 Å². The van der Waals surface area contributed by atoms with E-state index in [1.807, 2.05) is 55.7 Å². The van der Waals surface area contributed by atoms with Gasteiger partial charge in [-0.05, 0) is 62.1 Å². The highest BCUT2D eigenvalue weighted by Gasteiger charge is 2.40. The lowest BCUT2D eigenvalue weighted by Crippen LogP contribution is -2.45. The number of amides is 1. The number of carbonyl (C=O) groups excluding carboxylic acids is 1. The number of fused-ring (bicyclic) bond motifs is 1. The van der Waals surface area contributed by atoms with Crippen LogP contribution in [0.4, 0.5) is 5.95 Å². The Morgan fingerprint density at radius 3 is 2.59 bits per heavy atom. The molecule has 1 aromatic carbocycles. The summed E-state index contributed by atoms with van der Waals surface area (Å²) in [6.07, 6.45) is 13.0. The molecule has 0 bridgehead atoms. The number of aromatic nitrogens is 2. The monoisotopic (exact) mass is 429 g/mol. The fraction of sp³-hybridized carbons (Fsp3) is 0.360. The average Bonchev–Trinajstić information content (AvgIpc) is 3.22. The second kappa shape index (κ2) is 8.22. The molecule has 7 heteroatoms. The van der Waals surface area contributed by atoms with E-state index in [1.165, 1.54) is 0 Å². The van der Waals surface area contributed by atoms with E-state index in [2.05, 4.69) is 32.1 Å². The Morgan fingerprint density at radius 2 is 1.88 bits per heavy atom. The Kier molecular flexibility index (Phi) is 5.25. The van der Waals surface area contributed by atoms with Crippen molar-refractivity contribution in [2.45, 2.75) is 38.3 Å². The summed E-state index contributed by atoms with van der Waals surface area (Å²) >= 11 is 0. The quantitative estimate of drug-likeness (QED) is 0.806. The van der Waals surface area contributed by atoms with Crippen LogP contribution in [0, 0.1) is 12.8 Å². The number of benzene rings is 1. The maximum Gasteiger partial charge on any atom is 0.251 e. The van der Waals surface area contributed by atoms with Gasteiger partial charge in [-0.25, -0.2) is 9.97 Å². The Labute approximate surface area is 187 Å². The number of carbonyl (C=O) groups is 1. The Hall–Kier alpha value is -3.48. The highest BCUT2D eigenvalue weighted by Crippen LogP contribution is 2.36. The van der Waals surface area contributed by atoms with Gasteiger partial charge in [0.1, 0.15) is 5.60 Å². The third kappa shape index (κ3) is 3.90. The molecule has 0 spiro atoms. The molecule has 1 amide bonds. The second-order valence-corrected chi connectivity index (χ2v) is 8.81. The summed E-state index contributed by atoms with van der Waals surface area (Å²) in [6, 6.07) is 7.83. The fourth-order valence-corrected chi connectivity index (χ4v) is 4.47. The number of anilines is 1. The van der Waals surface area contributed by atoms with E-state index in [1.54, 1.807) is 12.5 Å². The van der Waals surface area contributed by atoms with Crippen molar-refractivity contribution < 1.29 is 9.53 Å². The number of hydrogen-bond donors (Lipinski definition) is 1. The van der Waals surface area contributed by atoms with E-state index in [9.17, 15) is 4.79 Å². The van der Waals surface area contributed by atoms with Gasteiger partial charge in [0.15, 0.2) is 0 Å². The van der Waals surface area contributed by atoms with Gasteiger partial charge in [0.05, 0.1) is 17.9 Å². The molecule has 2 unspecified atom stereocenters. The van der Waals surface area contributed by atoms with Gasteiger partial charge in [0, 0.05) is 43.3 Å². The molecule has 32 heavy (non-hydrogen) atoms. The number of piperidine rings is 1. The van der Waals surface area contributed by atoms with Gasteiger partial charge in [-0.3, -0.25) is 9.79 Å². The summed E-state index contributed by atoms with van der Waals surface area (Å²) in [5, 5.41) is 3.18. The number of nitrogens with one attached hydrogen (secondary N) is 1. The van der Waals surface area contributed by atoms with Crippen LogP contribution >= 0.6 is 0 Å². The molecular formula is C25H27N5O2. The van der Waals surface area contributed by atoms with E-state index in [0.717, 1.165) is 48.7 Å². The van der Waals surface area contributed by atoms with Crippen molar-refractivity contribution in [3.05, 3.63) is 78.0 Å². The second-order valence-electron chi connectivity index (χ2n) is 8.81. The standard InChI is InChI=1S/C25H27N5O2/c1-17-15-27-24(28-16-17)30-12-7-20(8-13-30)29-23(31)19-5-3-18(4-6-19)22-21-9-14-32-25(21,2)10-11-26-22/h3-6,9-11,14-16,20-21H,7-8,12-13H2,1-2H3,(H,29,31). The molecule has 4 heterocycles.